The molecule has 2 aromatic carbocycles. The molecule has 2 aromatic heterocycles. The van der Waals surface area contributed by atoms with Gasteiger partial charge in [-0.15, -0.1) is 11.3 Å². The quantitative estimate of drug-likeness (QED) is 0.416. The van der Waals surface area contributed by atoms with Crippen molar-refractivity contribution >= 4 is 21.4 Å². The second kappa shape index (κ2) is 9.23. The fourth-order valence-corrected chi connectivity index (χ4v) is 6.86. The van der Waals surface area contributed by atoms with E-state index in [2.05, 4.69) is 58.5 Å². The number of aryl methyl sites for hydroxylation is 1. The van der Waals surface area contributed by atoms with Crippen molar-refractivity contribution in [2.24, 2.45) is 7.05 Å². The molecule has 4 aromatic rings. The van der Waals surface area contributed by atoms with Crippen molar-refractivity contribution in [3.63, 3.8) is 0 Å². The number of sulfonamides is 1. The topological polar surface area (TPSA) is 58.4 Å². The van der Waals surface area contributed by atoms with Crippen LogP contribution in [0.1, 0.15) is 17.2 Å². The van der Waals surface area contributed by atoms with E-state index in [1.165, 1.54) is 22.5 Å². The Morgan fingerprint density at radius 2 is 1.45 bits per heavy atom. The van der Waals surface area contributed by atoms with Crippen molar-refractivity contribution in [3.8, 4) is 10.6 Å². The maximum Gasteiger partial charge on any atom is 0.246 e. The molecule has 0 amide bonds. The van der Waals surface area contributed by atoms with Gasteiger partial charge in [-0.05, 0) is 22.6 Å². The molecule has 0 aliphatic carbocycles. The van der Waals surface area contributed by atoms with Crippen LogP contribution in [0.4, 0.5) is 0 Å². The zero-order valence-electron chi connectivity index (χ0n) is 18.4. The summed E-state index contributed by atoms with van der Waals surface area (Å²) in [5.41, 5.74) is 2.96. The minimum absolute atomic E-state index is 0.0947. The highest BCUT2D eigenvalue weighted by Gasteiger charge is 2.34. The molecule has 3 heterocycles. The van der Waals surface area contributed by atoms with Crippen LogP contribution in [-0.4, -0.2) is 53.6 Å². The molecule has 0 unspecified atom stereocenters. The Morgan fingerprint density at radius 1 is 0.848 bits per heavy atom. The lowest BCUT2D eigenvalue weighted by molar-refractivity contribution is 0.156. The van der Waals surface area contributed by atoms with Gasteiger partial charge in [0.05, 0.1) is 10.9 Å². The van der Waals surface area contributed by atoms with Gasteiger partial charge in [0.2, 0.25) is 10.0 Å². The number of hydrogen-bond acceptors (Lipinski definition) is 5. The van der Waals surface area contributed by atoms with Crippen LogP contribution in [0, 0.1) is 0 Å². The molecule has 1 aliphatic rings. The summed E-state index contributed by atoms with van der Waals surface area (Å²) in [5, 5.41) is 6.38. The summed E-state index contributed by atoms with van der Waals surface area (Å²) in [7, 11) is -1.88. The van der Waals surface area contributed by atoms with E-state index in [-0.39, 0.29) is 10.9 Å². The van der Waals surface area contributed by atoms with Gasteiger partial charge in [-0.1, -0.05) is 66.7 Å². The van der Waals surface area contributed by atoms with E-state index < -0.39 is 10.0 Å². The highest BCUT2D eigenvalue weighted by atomic mass is 32.2. The van der Waals surface area contributed by atoms with Crippen LogP contribution in [-0.2, 0) is 17.1 Å². The molecule has 0 radical (unpaired) electrons. The normalized spacial score (nSPS) is 15.8. The highest BCUT2D eigenvalue weighted by molar-refractivity contribution is 7.89. The first kappa shape index (κ1) is 22.0. The maximum atomic E-state index is 13.6. The third kappa shape index (κ3) is 4.39. The number of benzene rings is 2. The molecule has 5 rings (SSSR count). The van der Waals surface area contributed by atoms with Crippen LogP contribution in [0.5, 0.6) is 0 Å². The van der Waals surface area contributed by atoms with E-state index in [4.69, 9.17) is 0 Å². The Bertz CT molecular complexity index is 1260. The van der Waals surface area contributed by atoms with Crippen LogP contribution in [0.25, 0.3) is 10.6 Å². The van der Waals surface area contributed by atoms with Crippen LogP contribution in [0.2, 0.25) is 0 Å². The monoisotopic (exact) mass is 478 g/mol. The second-order valence-electron chi connectivity index (χ2n) is 8.16. The van der Waals surface area contributed by atoms with E-state index in [0.29, 0.717) is 31.9 Å². The van der Waals surface area contributed by atoms with E-state index in [1.807, 2.05) is 29.6 Å². The van der Waals surface area contributed by atoms with Crippen molar-refractivity contribution in [3.05, 3.63) is 95.5 Å². The van der Waals surface area contributed by atoms with Crippen molar-refractivity contribution in [1.29, 1.82) is 0 Å². The van der Waals surface area contributed by atoms with Crippen LogP contribution < -0.4 is 0 Å². The summed E-state index contributed by atoms with van der Waals surface area (Å²) in [6.45, 7) is 2.19. The largest absolute Gasteiger partial charge is 0.290 e. The molecule has 170 valence electrons. The molecule has 1 saturated heterocycles. The predicted octanol–water partition coefficient (Wildman–Crippen LogP) is 4.24. The SMILES string of the molecule is Cn1cc(S(=O)(=O)N2CCN(C(c3ccccc3)c3ccccc3)CC2)c(-c2cccs2)n1. The van der Waals surface area contributed by atoms with Gasteiger partial charge in [-0.3, -0.25) is 9.58 Å². The summed E-state index contributed by atoms with van der Waals surface area (Å²) in [4.78, 5) is 3.52. The lowest BCUT2D eigenvalue weighted by atomic mass is 9.96. The molecule has 6 nitrogen and oxygen atoms in total. The molecule has 33 heavy (non-hydrogen) atoms. The van der Waals surface area contributed by atoms with Crippen molar-refractivity contribution in [2.45, 2.75) is 10.9 Å². The molecule has 1 aliphatic heterocycles. The third-order valence-corrected chi connectivity index (χ3v) is 8.81. The molecule has 0 bridgehead atoms. The van der Waals surface area contributed by atoms with E-state index in [0.717, 1.165) is 4.88 Å². The second-order valence-corrected chi connectivity index (χ2v) is 11.0. The average Bonchev–Trinajstić information content (AvgIpc) is 3.51. The van der Waals surface area contributed by atoms with Gasteiger partial charge in [0.1, 0.15) is 10.6 Å². The number of nitrogens with zero attached hydrogens (tertiary/aromatic N) is 4. The van der Waals surface area contributed by atoms with E-state index in [9.17, 15) is 8.42 Å². The van der Waals surface area contributed by atoms with Crippen LogP contribution in [0.3, 0.4) is 0 Å². The third-order valence-electron chi connectivity index (χ3n) is 6.04. The average molecular weight is 479 g/mol. The van der Waals surface area contributed by atoms with Crippen molar-refractivity contribution in [2.75, 3.05) is 26.2 Å². The number of aromatic nitrogens is 2. The smallest absolute Gasteiger partial charge is 0.246 e. The van der Waals surface area contributed by atoms with Crippen LogP contribution in [0.15, 0.2) is 89.3 Å². The number of thiophene rings is 1. The standard InChI is InChI=1S/C25H26N4O2S2/c1-27-19-23(24(26-27)22-13-8-18-32-22)33(30,31)29-16-14-28(15-17-29)25(20-9-4-2-5-10-20)21-11-6-3-7-12-21/h2-13,18-19,25H,14-17H2,1H3. The Kier molecular flexibility index (Phi) is 6.16. The Hall–Kier alpha value is -2.78. The first-order valence-corrected chi connectivity index (χ1v) is 13.3. The fourth-order valence-electron chi connectivity index (χ4n) is 4.47. The zero-order chi connectivity index (χ0) is 22.8. The van der Waals surface area contributed by atoms with Crippen molar-refractivity contribution < 1.29 is 8.42 Å². The molecule has 0 spiro atoms. The van der Waals surface area contributed by atoms with Crippen molar-refractivity contribution in [1.82, 2.24) is 19.0 Å². The van der Waals surface area contributed by atoms with E-state index in [1.54, 1.807) is 22.2 Å². The molecule has 0 saturated carbocycles. The minimum atomic E-state index is -3.65. The Morgan fingerprint density at radius 3 is 2.00 bits per heavy atom. The molecular formula is C25H26N4O2S2. The first-order valence-electron chi connectivity index (χ1n) is 11.0. The fraction of sp³-hybridized carbons (Fsp3) is 0.240. The first-order chi connectivity index (χ1) is 16.0. The molecule has 0 atom stereocenters. The zero-order valence-corrected chi connectivity index (χ0v) is 20.0. The number of rotatable bonds is 6. The molecule has 1 fully saturated rings. The maximum absolute atomic E-state index is 13.6. The lowest BCUT2D eigenvalue weighted by Gasteiger charge is -2.39. The number of hydrogen-bond donors (Lipinski definition) is 0. The Labute approximate surface area is 198 Å². The Balaban J connectivity index is 1.40. The highest BCUT2D eigenvalue weighted by Crippen LogP contribution is 2.33. The summed E-state index contributed by atoms with van der Waals surface area (Å²) in [6, 6.07) is 24.8. The van der Waals surface area contributed by atoms with Gasteiger partial charge < -0.3 is 0 Å². The molecule has 0 N–H and O–H groups in total. The number of piperazine rings is 1. The van der Waals surface area contributed by atoms with Crippen LogP contribution >= 0.6 is 11.3 Å². The van der Waals surface area contributed by atoms with Gasteiger partial charge in [-0.25, -0.2) is 8.42 Å². The van der Waals surface area contributed by atoms with Gasteiger partial charge in [0, 0.05) is 39.4 Å². The summed E-state index contributed by atoms with van der Waals surface area (Å²) >= 11 is 1.50. The van der Waals surface area contributed by atoms with Gasteiger partial charge in [0.25, 0.3) is 0 Å². The van der Waals surface area contributed by atoms with Gasteiger partial charge in [0.15, 0.2) is 0 Å². The summed E-state index contributed by atoms with van der Waals surface area (Å²) < 4.78 is 30.4. The summed E-state index contributed by atoms with van der Waals surface area (Å²) in [6.07, 6.45) is 1.62. The van der Waals surface area contributed by atoms with E-state index >= 15 is 0 Å². The molecule has 8 heteroatoms. The predicted molar refractivity (Wildman–Crippen MR) is 132 cm³/mol. The molecular weight excluding hydrogens is 452 g/mol. The minimum Gasteiger partial charge on any atom is -0.290 e. The van der Waals surface area contributed by atoms with Gasteiger partial charge >= 0.3 is 0 Å². The lowest BCUT2D eigenvalue weighted by Crippen LogP contribution is -2.49. The van der Waals surface area contributed by atoms with Gasteiger partial charge in [-0.2, -0.15) is 9.40 Å². The summed E-state index contributed by atoms with van der Waals surface area (Å²) in [5.74, 6) is 0.